The molecule has 6 nitrogen and oxygen atoms in total. The lowest BCUT2D eigenvalue weighted by Gasteiger charge is -2.39. The van der Waals surface area contributed by atoms with Gasteiger partial charge in [0.25, 0.3) is 0 Å². The maximum absolute atomic E-state index is 12.5. The Morgan fingerprint density at radius 1 is 1.17 bits per heavy atom. The topological polar surface area (TPSA) is 80.9 Å². The number of carbonyl (C=O) groups is 1. The molecule has 4 rings (SSSR count). The number of nitrogens with one attached hydrogen (secondary N) is 1. The maximum Gasteiger partial charge on any atom is 0.227 e. The number of aryl methyl sites for hydroxylation is 1. The third-order valence-corrected chi connectivity index (χ3v) is 6.15. The SMILES string of the molecule is CC[C@@H](NC(=O)CCc1nnc(C2(c3ccc(Cl)cc3)CCC2)o1)c1ccncc1. The highest BCUT2D eigenvalue weighted by atomic mass is 35.5. The van der Waals surface area contributed by atoms with Gasteiger partial charge in [-0.3, -0.25) is 9.78 Å². The van der Waals surface area contributed by atoms with E-state index in [2.05, 4.69) is 20.5 Å². The van der Waals surface area contributed by atoms with Crippen molar-refractivity contribution in [2.24, 2.45) is 0 Å². The lowest BCUT2D eigenvalue weighted by molar-refractivity contribution is -0.121. The molecule has 0 saturated heterocycles. The van der Waals surface area contributed by atoms with Crippen molar-refractivity contribution in [3.05, 3.63) is 76.7 Å². The molecule has 1 atom stereocenters. The Morgan fingerprint density at radius 3 is 2.53 bits per heavy atom. The third kappa shape index (κ3) is 4.24. The monoisotopic (exact) mass is 424 g/mol. The molecular formula is C23H25ClN4O2. The normalized spacial score (nSPS) is 15.9. The van der Waals surface area contributed by atoms with E-state index < -0.39 is 0 Å². The molecule has 1 amide bonds. The molecule has 1 saturated carbocycles. The van der Waals surface area contributed by atoms with Crippen LogP contribution in [0.2, 0.25) is 5.02 Å². The van der Waals surface area contributed by atoms with Crippen molar-refractivity contribution in [2.45, 2.75) is 56.9 Å². The quantitative estimate of drug-likeness (QED) is 0.562. The van der Waals surface area contributed by atoms with Crippen LogP contribution in [0.25, 0.3) is 0 Å². The first-order chi connectivity index (χ1) is 14.6. The maximum atomic E-state index is 12.5. The highest BCUT2D eigenvalue weighted by Crippen LogP contribution is 2.48. The van der Waals surface area contributed by atoms with E-state index in [9.17, 15) is 4.79 Å². The van der Waals surface area contributed by atoms with E-state index in [0.29, 0.717) is 29.6 Å². The van der Waals surface area contributed by atoms with Crippen LogP contribution in [0.15, 0.2) is 53.2 Å². The number of hydrogen-bond acceptors (Lipinski definition) is 5. The van der Waals surface area contributed by atoms with Gasteiger partial charge in [0, 0.05) is 30.3 Å². The zero-order chi connectivity index (χ0) is 21.0. The smallest absolute Gasteiger partial charge is 0.227 e. The number of aromatic nitrogens is 3. The van der Waals surface area contributed by atoms with Crippen LogP contribution in [0.5, 0.6) is 0 Å². The Bertz CT molecular complexity index is 984. The van der Waals surface area contributed by atoms with Gasteiger partial charge >= 0.3 is 0 Å². The molecule has 30 heavy (non-hydrogen) atoms. The number of nitrogens with zero attached hydrogens (tertiary/aromatic N) is 3. The van der Waals surface area contributed by atoms with Crippen LogP contribution < -0.4 is 5.32 Å². The predicted octanol–water partition coefficient (Wildman–Crippen LogP) is 4.79. The Labute approximate surface area is 181 Å². The summed E-state index contributed by atoms with van der Waals surface area (Å²) in [7, 11) is 0. The Morgan fingerprint density at radius 2 is 1.90 bits per heavy atom. The largest absolute Gasteiger partial charge is 0.424 e. The number of benzene rings is 1. The number of halogens is 1. The van der Waals surface area contributed by atoms with Crippen LogP contribution in [-0.2, 0) is 16.6 Å². The standard InChI is InChI=1S/C23H25ClN4O2/c1-2-19(16-10-14-25-15-11-16)26-20(29)8-9-21-27-28-22(30-21)23(12-3-13-23)17-4-6-18(24)7-5-17/h4-7,10-11,14-15,19H,2-3,8-9,12-13H2,1H3,(H,26,29)/t19-/m1/s1. The molecule has 1 aromatic carbocycles. The van der Waals surface area contributed by atoms with Gasteiger partial charge in [0.15, 0.2) is 0 Å². The molecule has 3 aromatic rings. The van der Waals surface area contributed by atoms with Crippen LogP contribution >= 0.6 is 11.6 Å². The van der Waals surface area contributed by atoms with Crippen LogP contribution in [-0.4, -0.2) is 21.1 Å². The average Bonchev–Trinajstić information content (AvgIpc) is 3.21. The van der Waals surface area contributed by atoms with Gasteiger partial charge in [-0.05, 0) is 54.7 Å². The summed E-state index contributed by atoms with van der Waals surface area (Å²) in [4.78, 5) is 16.5. The second-order valence-corrected chi connectivity index (χ2v) is 8.19. The van der Waals surface area contributed by atoms with E-state index in [0.717, 1.165) is 36.8 Å². The first kappa shape index (κ1) is 20.5. The van der Waals surface area contributed by atoms with E-state index in [-0.39, 0.29) is 17.4 Å². The summed E-state index contributed by atoms with van der Waals surface area (Å²) in [5.41, 5.74) is 1.97. The molecule has 1 aliphatic rings. The molecule has 1 fully saturated rings. The van der Waals surface area contributed by atoms with E-state index in [4.69, 9.17) is 16.0 Å². The fraction of sp³-hybridized carbons (Fsp3) is 0.391. The summed E-state index contributed by atoms with van der Waals surface area (Å²) in [6.07, 6.45) is 8.07. The number of rotatable bonds is 8. The van der Waals surface area contributed by atoms with Gasteiger partial charge < -0.3 is 9.73 Å². The fourth-order valence-electron chi connectivity index (χ4n) is 3.98. The van der Waals surface area contributed by atoms with Gasteiger partial charge in [-0.15, -0.1) is 10.2 Å². The fourth-order valence-corrected chi connectivity index (χ4v) is 4.10. The van der Waals surface area contributed by atoms with Crippen molar-refractivity contribution >= 4 is 17.5 Å². The Balaban J connectivity index is 1.39. The van der Waals surface area contributed by atoms with Crippen molar-refractivity contribution in [3.63, 3.8) is 0 Å². The van der Waals surface area contributed by atoms with E-state index in [1.54, 1.807) is 12.4 Å². The van der Waals surface area contributed by atoms with Crippen LogP contribution in [0.1, 0.15) is 68.0 Å². The zero-order valence-electron chi connectivity index (χ0n) is 17.0. The second kappa shape index (κ2) is 8.96. The molecule has 1 aliphatic carbocycles. The zero-order valence-corrected chi connectivity index (χ0v) is 17.7. The predicted molar refractivity (Wildman–Crippen MR) is 114 cm³/mol. The average molecular weight is 425 g/mol. The van der Waals surface area contributed by atoms with E-state index >= 15 is 0 Å². The molecule has 0 bridgehead atoms. The van der Waals surface area contributed by atoms with Crippen LogP contribution in [0.3, 0.4) is 0 Å². The molecule has 7 heteroatoms. The van der Waals surface area contributed by atoms with Crippen LogP contribution in [0, 0.1) is 0 Å². The van der Waals surface area contributed by atoms with Gasteiger partial charge in [-0.25, -0.2) is 0 Å². The number of hydrogen-bond donors (Lipinski definition) is 1. The number of amides is 1. The van der Waals surface area contributed by atoms with Crippen molar-refractivity contribution in [2.75, 3.05) is 0 Å². The molecule has 2 aromatic heterocycles. The van der Waals surface area contributed by atoms with E-state index in [1.165, 1.54) is 0 Å². The third-order valence-electron chi connectivity index (χ3n) is 5.90. The van der Waals surface area contributed by atoms with Gasteiger partial charge in [0.2, 0.25) is 17.7 Å². The molecule has 0 unspecified atom stereocenters. The molecule has 1 N–H and O–H groups in total. The minimum absolute atomic E-state index is 0.0260. The Kier molecular flexibility index (Phi) is 6.13. The summed E-state index contributed by atoms with van der Waals surface area (Å²) in [5, 5.41) is 12.3. The van der Waals surface area contributed by atoms with Gasteiger partial charge in [-0.1, -0.05) is 37.1 Å². The summed E-state index contributed by atoms with van der Waals surface area (Å²) < 4.78 is 6.00. The van der Waals surface area contributed by atoms with E-state index in [1.807, 2.05) is 43.3 Å². The van der Waals surface area contributed by atoms with Crippen molar-refractivity contribution in [1.29, 1.82) is 0 Å². The first-order valence-electron chi connectivity index (χ1n) is 10.4. The molecular weight excluding hydrogens is 400 g/mol. The van der Waals surface area contributed by atoms with Crippen molar-refractivity contribution in [1.82, 2.24) is 20.5 Å². The lowest BCUT2D eigenvalue weighted by Crippen LogP contribution is -2.35. The minimum Gasteiger partial charge on any atom is -0.424 e. The molecule has 2 heterocycles. The van der Waals surface area contributed by atoms with Crippen molar-refractivity contribution < 1.29 is 9.21 Å². The summed E-state index contributed by atoms with van der Waals surface area (Å²) in [6, 6.07) is 11.7. The lowest BCUT2D eigenvalue weighted by atomic mass is 9.64. The van der Waals surface area contributed by atoms with Crippen LogP contribution in [0.4, 0.5) is 0 Å². The van der Waals surface area contributed by atoms with Gasteiger partial charge in [0.1, 0.15) is 0 Å². The second-order valence-electron chi connectivity index (χ2n) is 7.75. The number of carbonyl (C=O) groups excluding carboxylic acids is 1. The molecule has 0 radical (unpaired) electrons. The molecule has 156 valence electrons. The highest BCUT2D eigenvalue weighted by molar-refractivity contribution is 6.30. The van der Waals surface area contributed by atoms with Gasteiger partial charge in [0.05, 0.1) is 11.5 Å². The summed E-state index contributed by atoms with van der Waals surface area (Å²) >= 11 is 6.04. The Hall–Kier alpha value is -2.73. The summed E-state index contributed by atoms with van der Waals surface area (Å²) in [6.45, 7) is 2.05. The molecule has 0 spiro atoms. The van der Waals surface area contributed by atoms with Gasteiger partial charge in [-0.2, -0.15) is 0 Å². The number of pyridine rings is 1. The molecule has 0 aliphatic heterocycles. The van der Waals surface area contributed by atoms with Crippen molar-refractivity contribution in [3.8, 4) is 0 Å². The highest BCUT2D eigenvalue weighted by Gasteiger charge is 2.45. The summed E-state index contributed by atoms with van der Waals surface area (Å²) in [5.74, 6) is 1.10. The first-order valence-corrected chi connectivity index (χ1v) is 10.8. The minimum atomic E-state index is -0.229.